The van der Waals surface area contributed by atoms with Gasteiger partial charge in [-0.1, -0.05) is 26.0 Å². The Morgan fingerprint density at radius 3 is 2.21 bits per heavy atom. The number of fused-ring (bicyclic) bond motifs is 3. The predicted octanol–water partition coefficient (Wildman–Crippen LogP) is 3.42. The maximum absolute atomic E-state index is 13.7. The highest BCUT2D eigenvalue weighted by Gasteiger charge is 2.34. The van der Waals surface area contributed by atoms with Gasteiger partial charge in [0.1, 0.15) is 23.0 Å². The lowest BCUT2D eigenvalue weighted by Crippen LogP contribution is -2.56. The Morgan fingerprint density at radius 1 is 0.831 bits per heavy atom. The van der Waals surface area contributed by atoms with E-state index in [1.54, 1.807) is 17.7 Å². The molecule has 4 amide bonds. The van der Waals surface area contributed by atoms with Crippen LogP contribution in [-0.4, -0.2) is 181 Å². The second-order valence-electron chi connectivity index (χ2n) is 17.9. The first kappa shape index (κ1) is 48.2. The van der Waals surface area contributed by atoms with E-state index in [1.165, 1.54) is 18.5 Å². The Balaban J connectivity index is 0.742. The van der Waals surface area contributed by atoms with Gasteiger partial charge in [0, 0.05) is 108 Å². The number of phenolic OH excluding ortho intramolecular Hbond substituents is 2. The number of anilines is 1. The molecule has 0 atom stereocenters. The highest BCUT2D eigenvalue weighted by atomic mass is 16.5. The number of phenols is 2. The lowest BCUT2D eigenvalue weighted by molar-refractivity contribution is 0.0871. The number of nitrogens with two attached hydrogens (primary N) is 1. The first-order valence-corrected chi connectivity index (χ1v) is 23.9. The molecule has 22 nitrogen and oxygen atoms in total. The van der Waals surface area contributed by atoms with E-state index in [0.717, 1.165) is 50.3 Å². The number of aromatic nitrogens is 5. The number of rotatable bonds is 14. The number of nitrogen functional groups attached to an aromatic ring is 1. The van der Waals surface area contributed by atoms with Crippen molar-refractivity contribution in [2.45, 2.75) is 39.7 Å². The van der Waals surface area contributed by atoms with Crippen LogP contribution < -0.4 is 25.8 Å². The van der Waals surface area contributed by atoms with E-state index in [-0.39, 0.29) is 46.6 Å². The van der Waals surface area contributed by atoms with Crippen LogP contribution in [0.1, 0.15) is 70.8 Å². The molecule has 2 fully saturated rings. The number of benzene rings is 3. The number of methoxy groups -OCH3 is 1. The average Bonchev–Trinajstić information content (AvgIpc) is 4.05. The number of hydrogen-bond donors (Lipinski definition) is 5. The molecule has 5 aromatic rings. The number of carbonyl (C=O) groups excluding carboxylic acids is 3. The second-order valence-corrected chi connectivity index (χ2v) is 17.9. The zero-order valence-electron chi connectivity index (χ0n) is 40.3. The van der Waals surface area contributed by atoms with Gasteiger partial charge in [0.2, 0.25) is 17.7 Å². The minimum atomic E-state index is -0.431. The zero-order chi connectivity index (χ0) is 49.8. The number of aliphatic imine (C=N–C) groups is 2. The summed E-state index contributed by atoms with van der Waals surface area (Å²) in [6.07, 6.45) is 3.48. The van der Waals surface area contributed by atoms with Crippen molar-refractivity contribution in [1.82, 2.24) is 59.9 Å². The number of aromatic hydroxyl groups is 2. The summed E-state index contributed by atoms with van der Waals surface area (Å²) in [5.74, 6) is 1.36. The van der Waals surface area contributed by atoms with Gasteiger partial charge < -0.3 is 40.5 Å². The summed E-state index contributed by atoms with van der Waals surface area (Å²) >= 11 is 0. The van der Waals surface area contributed by atoms with Crippen molar-refractivity contribution < 1.29 is 34.1 Å². The summed E-state index contributed by atoms with van der Waals surface area (Å²) in [5, 5.41) is 35.6. The number of guanidine groups is 1. The summed E-state index contributed by atoms with van der Waals surface area (Å²) in [6, 6.07) is 14.6. The summed E-state index contributed by atoms with van der Waals surface area (Å²) < 4.78 is 13.7. The summed E-state index contributed by atoms with van der Waals surface area (Å²) in [6.45, 7) is 14.7. The molecule has 9 rings (SSSR count). The van der Waals surface area contributed by atoms with Crippen LogP contribution in [0.4, 0.5) is 16.4 Å². The van der Waals surface area contributed by atoms with Crippen molar-refractivity contribution in [2.75, 3.05) is 98.0 Å². The molecule has 22 heteroatoms. The van der Waals surface area contributed by atoms with Gasteiger partial charge in [0.05, 0.1) is 31.4 Å². The molecule has 0 radical (unpaired) electrons. The van der Waals surface area contributed by atoms with Crippen LogP contribution in [0.25, 0.3) is 17.1 Å². The first-order chi connectivity index (χ1) is 34.4. The summed E-state index contributed by atoms with van der Waals surface area (Å²) in [4.78, 5) is 67.6. The highest BCUT2D eigenvalue weighted by Crippen LogP contribution is 2.43. The van der Waals surface area contributed by atoms with Crippen LogP contribution in [0, 0.1) is 0 Å². The molecule has 0 aliphatic carbocycles. The number of ether oxygens (including phenoxy) is 2. The Morgan fingerprint density at radius 2 is 1.54 bits per heavy atom. The molecule has 3 aromatic carbocycles. The Labute approximate surface area is 410 Å². The van der Waals surface area contributed by atoms with Gasteiger partial charge in [0.15, 0.2) is 17.3 Å². The number of carbonyl (C=O) groups is 3. The minimum Gasteiger partial charge on any atom is -0.508 e. The third kappa shape index (κ3) is 10.2. The van der Waals surface area contributed by atoms with Crippen LogP contribution in [0.15, 0.2) is 70.9 Å². The normalized spacial score (nSPS) is 16.0. The molecular weight excluding hydrogens is 911 g/mol. The molecule has 0 unspecified atom stereocenters. The lowest BCUT2D eigenvalue weighted by atomic mass is 9.98. The number of amidine groups is 1. The maximum Gasteiger partial charge on any atom is 0.320 e. The molecule has 372 valence electrons. The van der Waals surface area contributed by atoms with E-state index >= 15 is 0 Å². The first-order valence-electron chi connectivity index (χ1n) is 23.9. The molecule has 0 saturated carbocycles. The number of amides is 4. The zero-order valence-corrected chi connectivity index (χ0v) is 40.3. The number of hydrogen-bond acceptors (Lipinski definition) is 17. The van der Waals surface area contributed by atoms with Crippen molar-refractivity contribution in [3.63, 3.8) is 0 Å². The molecule has 2 aromatic heterocycles. The molecule has 4 aliphatic rings. The van der Waals surface area contributed by atoms with E-state index in [4.69, 9.17) is 20.2 Å². The van der Waals surface area contributed by atoms with Crippen LogP contribution in [-0.2, 0) is 6.54 Å². The Hall–Kier alpha value is -7.85. The van der Waals surface area contributed by atoms with E-state index < -0.39 is 11.8 Å². The van der Waals surface area contributed by atoms with E-state index in [0.29, 0.717) is 105 Å². The van der Waals surface area contributed by atoms with Crippen molar-refractivity contribution in [3.8, 4) is 40.1 Å². The maximum atomic E-state index is 13.7. The Bertz CT molecular complexity index is 2830. The van der Waals surface area contributed by atoms with Crippen molar-refractivity contribution >= 4 is 41.3 Å². The number of nitrogens with zero attached hydrogens (tertiary/aromatic N) is 12. The second kappa shape index (κ2) is 21.0. The molecule has 6 heterocycles. The molecule has 71 heavy (non-hydrogen) atoms. The third-order valence-corrected chi connectivity index (χ3v) is 13.0. The quantitative estimate of drug-likeness (QED) is 0.1000. The molecule has 0 spiro atoms. The topological polar surface area (TPSA) is 258 Å². The molecular formula is C49H59N15O7. The monoisotopic (exact) mass is 969 g/mol. The van der Waals surface area contributed by atoms with Crippen LogP contribution in [0.3, 0.4) is 0 Å². The molecule has 4 aliphatic heterocycles. The molecule has 2 saturated heterocycles. The highest BCUT2D eigenvalue weighted by molar-refractivity contribution is 6.20. The summed E-state index contributed by atoms with van der Waals surface area (Å²) in [7, 11) is 1.56. The largest absolute Gasteiger partial charge is 0.508 e. The number of urea groups is 1. The van der Waals surface area contributed by atoms with Gasteiger partial charge in [-0.25, -0.2) is 19.8 Å². The van der Waals surface area contributed by atoms with Gasteiger partial charge in [0.25, 0.3) is 11.8 Å². The van der Waals surface area contributed by atoms with Crippen LogP contribution in [0.2, 0.25) is 0 Å². The Kier molecular flexibility index (Phi) is 14.3. The fourth-order valence-electron chi connectivity index (χ4n) is 9.19. The lowest BCUT2D eigenvalue weighted by Gasteiger charge is -2.40. The fourth-order valence-corrected chi connectivity index (χ4v) is 9.19. The summed E-state index contributed by atoms with van der Waals surface area (Å²) in [5.41, 5.74) is 9.83. The standard InChI is InChI=1S/C49H59N15O7/c1-5-51-46(68)44-58-57-43(36-25-35(30(2)3)37(65)26-38(36)66)64(44)33-9-7-31(8-10-33)29-60-18-22-62(23-19-60)49(69)61-20-16-59(17-21-61)14-6-24-71-39-12-11-34-40(41(39)70-4)55-48(63-15-13-52-42(34)63)56-45(67)32-27-53-47(50)54-28-32/h7-12,25-28,30,65-66H,5-6,13-24,29H2,1-4H3,(H,51,68)(H2,50,53,54)(H,55,56,67). The van der Waals surface area contributed by atoms with Crippen molar-refractivity contribution in [2.24, 2.45) is 9.98 Å². The van der Waals surface area contributed by atoms with Crippen molar-refractivity contribution in [3.05, 3.63) is 89.0 Å². The molecule has 6 N–H and O–H groups in total. The van der Waals surface area contributed by atoms with E-state index in [2.05, 4.69) is 45.6 Å². The van der Waals surface area contributed by atoms with Crippen LogP contribution >= 0.6 is 0 Å². The number of nitrogens with one attached hydrogen (secondary N) is 2. The minimum absolute atomic E-state index is 0.0192. The molecule has 0 bridgehead atoms. The van der Waals surface area contributed by atoms with Gasteiger partial charge in [-0.2, -0.15) is 0 Å². The SMILES string of the molecule is CCNC(=O)c1nnc(-c2cc(C(C)C)c(O)cc2O)n1-c1ccc(CN2CCN(C(=O)N3CCN(CCCOc4ccc5c(c4OC)N=C(NC(=O)c4cnc(N)nc4)N4CCN=C54)CC3)CC2)cc1. The van der Waals surface area contributed by atoms with Crippen LogP contribution in [0.5, 0.6) is 23.0 Å². The van der Waals surface area contributed by atoms with E-state index in [1.807, 2.05) is 71.9 Å². The van der Waals surface area contributed by atoms with Gasteiger partial charge in [-0.15, -0.1) is 10.2 Å². The third-order valence-electron chi connectivity index (χ3n) is 13.0. The van der Waals surface area contributed by atoms with E-state index in [9.17, 15) is 24.6 Å². The van der Waals surface area contributed by atoms with Gasteiger partial charge in [-0.05, 0) is 60.7 Å². The van der Waals surface area contributed by atoms with Gasteiger partial charge in [-0.3, -0.25) is 39.2 Å². The fraction of sp³-hybridized carbons (Fsp3) is 0.408. The smallest absolute Gasteiger partial charge is 0.320 e. The van der Waals surface area contributed by atoms with Crippen molar-refractivity contribution in [1.29, 1.82) is 0 Å². The predicted molar refractivity (Wildman–Crippen MR) is 265 cm³/mol. The average molecular weight is 970 g/mol. The van der Waals surface area contributed by atoms with Gasteiger partial charge >= 0.3 is 6.03 Å². The number of piperazine rings is 2.